The predicted molar refractivity (Wildman–Crippen MR) is 98.8 cm³/mol. The van der Waals surface area contributed by atoms with E-state index in [0.717, 1.165) is 27.9 Å². The molecule has 0 radical (unpaired) electrons. The number of phenolic OH excluding ortho intramolecular Hbond substituents is 1. The van der Waals surface area contributed by atoms with Crippen molar-refractivity contribution in [3.05, 3.63) is 94.8 Å². The van der Waals surface area contributed by atoms with Crippen LogP contribution in [0.1, 0.15) is 33.9 Å². The lowest BCUT2D eigenvalue weighted by Gasteiger charge is -2.19. The Labute approximate surface area is 148 Å². The maximum Gasteiger partial charge on any atom is 0.149 e. The Kier molecular flexibility index (Phi) is 4.94. The molecule has 2 aromatic carbocycles. The first-order chi connectivity index (χ1) is 12.0. The molecular weight excluding hydrogens is 310 g/mol. The van der Waals surface area contributed by atoms with Gasteiger partial charge in [-0.25, -0.2) is 0 Å². The number of aryl methyl sites for hydroxylation is 2. The van der Waals surface area contributed by atoms with Crippen LogP contribution in [-0.4, -0.2) is 15.9 Å². The van der Waals surface area contributed by atoms with E-state index >= 15 is 0 Å². The molecule has 3 nitrogen and oxygen atoms in total. The molecule has 1 N–H and O–H groups in total. The summed E-state index contributed by atoms with van der Waals surface area (Å²) in [6, 6.07) is 18.7. The zero-order valence-electron chi connectivity index (χ0n) is 14.4. The third-order valence-corrected chi connectivity index (χ3v) is 4.39. The van der Waals surface area contributed by atoms with Crippen molar-refractivity contribution >= 4 is 5.78 Å². The molecule has 0 spiro atoms. The molecule has 0 aliphatic rings. The van der Waals surface area contributed by atoms with Crippen LogP contribution in [0.15, 0.2) is 66.9 Å². The van der Waals surface area contributed by atoms with Gasteiger partial charge in [0.25, 0.3) is 0 Å². The Bertz CT molecular complexity index is 885. The average molecular weight is 331 g/mol. The molecule has 1 atom stereocenters. The van der Waals surface area contributed by atoms with E-state index in [-0.39, 0.29) is 17.5 Å². The minimum Gasteiger partial charge on any atom is -0.508 e. The fraction of sp³-hybridized carbons (Fsp3) is 0.182. The molecule has 1 heterocycles. The number of phenols is 1. The molecule has 1 aromatic heterocycles. The lowest BCUT2D eigenvalue weighted by atomic mass is 9.83. The van der Waals surface area contributed by atoms with Gasteiger partial charge in [0.2, 0.25) is 0 Å². The molecule has 0 aliphatic carbocycles. The van der Waals surface area contributed by atoms with Crippen LogP contribution in [0.3, 0.4) is 0 Å². The Morgan fingerprint density at radius 1 is 1.04 bits per heavy atom. The first-order valence-corrected chi connectivity index (χ1v) is 8.33. The lowest BCUT2D eigenvalue weighted by Crippen LogP contribution is -2.17. The van der Waals surface area contributed by atoms with Gasteiger partial charge >= 0.3 is 0 Å². The monoisotopic (exact) mass is 331 g/mol. The van der Waals surface area contributed by atoms with Crippen LogP contribution in [0.25, 0.3) is 0 Å². The van der Waals surface area contributed by atoms with Gasteiger partial charge in [0.1, 0.15) is 11.5 Å². The molecule has 0 fully saturated rings. The predicted octanol–water partition coefficient (Wildman–Crippen LogP) is 4.35. The molecule has 0 amide bonds. The van der Waals surface area contributed by atoms with Crippen LogP contribution in [-0.2, 0) is 11.2 Å². The highest BCUT2D eigenvalue weighted by molar-refractivity contribution is 5.91. The summed E-state index contributed by atoms with van der Waals surface area (Å²) < 4.78 is 0. The minimum atomic E-state index is -0.352. The molecule has 0 bridgehead atoms. The molecule has 0 saturated heterocycles. The smallest absolute Gasteiger partial charge is 0.149 e. The number of hydrogen-bond acceptors (Lipinski definition) is 3. The molecule has 126 valence electrons. The lowest BCUT2D eigenvalue weighted by molar-refractivity contribution is -0.119. The van der Waals surface area contributed by atoms with Crippen molar-refractivity contribution in [2.24, 2.45) is 0 Å². The van der Waals surface area contributed by atoms with Crippen molar-refractivity contribution in [1.29, 1.82) is 0 Å². The van der Waals surface area contributed by atoms with Crippen molar-refractivity contribution < 1.29 is 9.90 Å². The third-order valence-electron chi connectivity index (χ3n) is 4.39. The highest BCUT2D eigenvalue weighted by atomic mass is 16.3. The highest BCUT2D eigenvalue weighted by Gasteiger charge is 2.24. The van der Waals surface area contributed by atoms with Crippen LogP contribution < -0.4 is 0 Å². The topological polar surface area (TPSA) is 50.2 Å². The van der Waals surface area contributed by atoms with Gasteiger partial charge in [-0.3, -0.25) is 9.78 Å². The summed E-state index contributed by atoms with van der Waals surface area (Å²) in [6.45, 7) is 3.94. The van der Waals surface area contributed by atoms with Gasteiger partial charge in [0.15, 0.2) is 0 Å². The molecule has 0 saturated carbocycles. The molecule has 3 heteroatoms. The van der Waals surface area contributed by atoms with Crippen LogP contribution in [0.4, 0.5) is 0 Å². The number of pyridine rings is 1. The quantitative estimate of drug-likeness (QED) is 0.756. The van der Waals surface area contributed by atoms with E-state index in [2.05, 4.69) is 4.98 Å². The van der Waals surface area contributed by atoms with Crippen molar-refractivity contribution in [2.45, 2.75) is 26.2 Å². The van der Waals surface area contributed by atoms with Gasteiger partial charge in [-0.2, -0.15) is 0 Å². The third kappa shape index (κ3) is 3.94. The van der Waals surface area contributed by atoms with E-state index in [4.69, 9.17) is 0 Å². The first kappa shape index (κ1) is 16.9. The number of aromatic hydroxyl groups is 1. The van der Waals surface area contributed by atoms with E-state index in [1.807, 2.05) is 62.4 Å². The first-order valence-electron chi connectivity index (χ1n) is 8.33. The van der Waals surface area contributed by atoms with Crippen LogP contribution in [0.2, 0.25) is 0 Å². The second kappa shape index (κ2) is 7.31. The number of Topliss-reactive ketones (excluding diaryl/α,β-unsaturated/α-hetero) is 1. The van der Waals surface area contributed by atoms with Gasteiger partial charge in [-0.15, -0.1) is 0 Å². The number of aromatic nitrogens is 1. The van der Waals surface area contributed by atoms with Crippen molar-refractivity contribution in [1.82, 2.24) is 4.98 Å². The van der Waals surface area contributed by atoms with E-state index in [1.165, 1.54) is 0 Å². The normalized spacial score (nSPS) is 11.9. The van der Waals surface area contributed by atoms with Gasteiger partial charge < -0.3 is 5.11 Å². The van der Waals surface area contributed by atoms with Crippen molar-refractivity contribution in [3.8, 4) is 5.75 Å². The Balaban J connectivity index is 2.00. The summed E-state index contributed by atoms with van der Waals surface area (Å²) in [5, 5.41) is 9.58. The summed E-state index contributed by atoms with van der Waals surface area (Å²) in [5.41, 5.74) is 4.85. The number of ketones is 1. The number of carbonyl (C=O) groups is 1. The largest absolute Gasteiger partial charge is 0.508 e. The summed E-state index contributed by atoms with van der Waals surface area (Å²) in [4.78, 5) is 17.4. The highest BCUT2D eigenvalue weighted by Crippen LogP contribution is 2.30. The molecule has 3 aromatic rings. The fourth-order valence-corrected chi connectivity index (χ4v) is 3.13. The van der Waals surface area contributed by atoms with Gasteiger partial charge in [0, 0.05) is 18.3 Å². The molecule has 0 aliphatic heterocycles. The number of hydrogen-bond donors (Lipinski definition) is 1. The minimum absolute atomic E-state index is 0.130. The average Bonchev–Trinajstić information content (AvgIpc) is 2.58. The van der Waals surface area contributed by atoms with Crippen molar-refractivity contribution in [2.75, 3.05) is 0 Å². The van der Waals surface area contributed by atoms with Gasteiger partial charge in [-0.05, 0) is 60.4 Å². The number of benzene rings is 2. The zero-order chi connectivity index (χ0) is 17.8. The molecule has 1 unspecified atom stereocenters. The van der Waals surface area contributed by atoms with E-state index in [0.29, 0.717) is 6.42 Å². The number of carbonyl (C=O) groups excluding carboxylic acids is 1. The molecule has 3 rings (SSSR count). The summed E-state index contributed by atoms with van der Waals surface area (Å²) in [7, 11) is 0. The fourth-order valence-electron chi connectivity index (χ4n) is 3.13. The Morgan fingerprint density at radius 2 is 1.76 bits per heavy atom. The second-order valence-corrected chi connectivity index (χ2v) is 6.33. The zero-order valence-corrected chi connectivity index (χ0v) is 14.4. The maximum absolute atomic E-state index is 13.2. The SMILES string of the molecule is Cc1cc(CC(=O)C(c2ccc(O)cc2)c2ccccc2C)ccn1. The van der Waals surface area contributed by atoms with Gasteiger partial charge in [-0.1, -0.05) is 36.4 Å². The maximum atomic E-state index is 13.2. The van der Waals surface area contributed by atoms with E-state index < -0.39 is 0 Å². The molecular formula is C22H21NO2. The standard InChI is InChI=1S/C22H21NO2/c1-15-5-3-4-6-20(15)22(18-7-9-19(24)10-8-18)21(25)14-17-11-12-23-16(2)13-17/h3-13,22,24H,14H2,1-2H3. The Morgan fingerprint density at radius 3 is 2.44 bits per heavy atom. The van der Waals surface area contributed by atoms with Crippen LogP contribution >= 0.6 is 0 Å². The van der Waals surface area contributed by atoms with Crippen molar-refractivity contribution in [3.63, 3.8) is 0 Å². The van der Waals surface area contributed by atoms with E-state index in [1.54, 1.807) is 18.3 Å². The van der Waals surface area contributed by atoms with E-state index in [9.17, 15) is 9.90 Å². The number of nitrogens with zero attached hydrogens (tertiary/aromatic N) is 1. The number of rotatable bonds is 5. The molecule has 25 heavy (non-hydrogen) atoms. The Hall–Kier alpha value is -2.94. The van der Waals surface area contributed by atoms with Crippen LogP contribution in [0.5, 0.6) is 5.75 Å². The van der Waals surface area contributed by atoms with Crippen LogP contribution in [0, 0.1) is 13.8 Å². The summed E-state index contributed by atoms with van der Waals surface area (Å²) >= 11 is 0. The van der Waals surface area contributed by atoms with Gasteiger partial charge in [0.05, 0.1) is 5.92 Å². The second-order valence-electron chi connectivity index (χ2n) is 6.33. The summed E-state index contributed by atoms with van der Waals surface area (Å²) in [5.74, 6) is -0.0228. The summed E-state index contributed by atoms with van der Waals surface area (Å²) in [6.07, 6.45) is 2.09.